The maximum Gasteiger partial charge on any atom is 0.126 e. The van der Waals surface area contributed by atoms with Gasteiger partial charge in [-0.3, -0.25) is 4.98 Å². The van der Waals surface area contributed by atoms with Crippen LogP contribution < -0.4 is 5.73 Å². The number of nitrogens with two attached hydrogens (primary N) is 1. The maximum atomic E-state index is 6.43. The quantitative estimate of drug-likeness (QED) is 0.883. The van der Waals surface area contributed by atoms with Crippen LogP contribution in [0.1, 0.15) is 44.0 Å². The van der Waals surface area contributed by atoms with Crippen molar-refractivity contribution in [1.29, 1.82) is 0 Å². The molecule has 1 fully saturated rings. The van der Waals surface area contributed by atoms with Gasteiger partial charge >= 0.3 is 0 Å². The number of nitrogens with zero attached hydrogens (tertiary/aromatic N) is 3. The Bertz CT molecular complexity index is 540. The number of rotatable bonds is 2. The number of aromatic nitrogens is 3. The van der Waals surface area contributed by atoms with Crippen molar-refractivity contribution in [3.05, 3.63) is 24.3 Å². The van der Waals surface area contributed by atoms with Gasteiger partial charge in [0.15, 0.2) is 0 Å². The second-order valence-corrected chi connectivity index (χ2v) is 5.32. The molecule has 0 amide bonds. The van der Waals surface area contributed by atoms with E-state index in [0.29, 0.717) is 5.92 Å². The molecule has 4 heteroatoms. The minimum atomic E-state index is 0.0581. The summed E-state index contributed by atoms with van der Waals surface area (Å²) in [6.45, 7) is 0. The average molecular weight is 244 g/mol. The van der Waals surface area contributed by atoms with E-state index in [-0.39, 0.29) is 6.04 Å². The first-order valence-corrected chi connectivity index (χ1v) is 6.79. The Morgan fingerprint density at radius 3 is 2.83 bits per heavy atom. The van der Waals surface area contributed by atoms with E-state index in [1.807, 2.05) is 19.3 Å². The molecule has 2 heterocycles. The lowest BCUT2D eigenvalue weighted by Crippen LogP contribution is -2.26. The van der Waals surface area contributed by atoms with Crippen LogP contribution in [0.2, 0.25) is 0 Å². The lowest BCUT2D eigenvalue weighted by Gasteiger charge is -2.27. The molecule has 3 rings (SSSR count). The lowest BCUT2D eigenvalue weighted by atomic mass is 9.84. The number of hydrogen-bond donors (Lipinski definition) is 1. The summed E-state index contributed by atoms with van der Waals surface area (Å²) in [5.41, 5.74) is 8.49. The number of fused-ring (bicyclic) bond motifs is 1. The van der Waals surface area contributed by atoms with Crippen LogP contribution in [0.4, 0.5) is 0 Å². The van der Waals surface area contributed by atoms with Crippen molar-refractivity contribution in [2.24, 2.45) is 18.7 Å². The molecule has 2 N–H and O–H groups in total. The lowest BCUT2D eigenvalue weighted by molar-refractivity contribution is 0.298. The van der Waals surface area contributed by atoms with Gasteiger partial charge in [-0.05, 0) is 24.8 Å². The van der Waals surface area contributed by atoms with Gasteiger partial charge in [-0.1, -0.05) is 19.3 Å². The predicted molar refractivity (Wildman–Crippen MR) is 72.0 cm³/mol. The Labute approximate surface area is 107 Å². The molecule has 0 radical (unpaired) electrons. The Morgan fingerprint density at radius 1 is 1.33 bits per heavy atom. The Kier molecular flexibility index (Phi) is 3.04. The van der Waals surface area contributed by atoms with Gasteiger partial charge in [0.05, 0.1) is 17.8 Å². The molecule has 4 nitrogen and oxygen atoms in total. The number of hydrogen-bond acceptors (Lipinski definition) is 3. The van der Waals surface area contributed by atoms with Gasteiger partial charge in [0.1, 0.15) is 11.3 Å². The van der Waals surface area contributed by atoms with Crippen molar-refractivity contribution < 1.29 is 0 Å². The number of pyridine rings is 1. The summed E-state index contributed by atoms with van der Waals surface area (Å²) in [6.07, 6.45) is 10.1. The van der Waals surface area contributed by atoms with Gasteiger partial charge in [-0.25, -0.2) is 4.98 Å². The molecule has 0 spiro atoms. The first-order chi connectivity index (χ1) is 8.77. The molecule has 2 aromatic rings. The standard InChI is InChI=1S/C14H20N4/c1-18-12-7-8-16-9-11(12)17-14(18)13(15)10-5-3-2-4-6-10/h7-10,13H,2-6,15H2,1H3. The third-order valence-electron chi connectivity index (χ3n) is 4.17. The van der Waals surface area contributed by atoms with Crippen molar-refractivity contribution >= 4 is 11.0 Å². The second-order valence-electron chi connectivity index (χ2n) is 5.32. The van der Waals surface area contributed by atoms with E-state index in [9.17, 15) is 0 Å². The smallest absolute Gasteiger partial charge is 0.126 e. The summed E-state index contributed by atoms with van der Waals surface area (Å²) in [5, 5.41) is 0. The summed E-state index contributed by atoms with van der Waals surface area (Å²) in [4.78, 5) is 8.79. The Balaban J connectivity index is 1.95. The highest BCUT2D eigenvalue weighted by Gasteiger charge is 2.25. The molecule has 1 saturated carbocycles. The van der Waals surface area contributed by atoms with Crippen LogP contribution in [0.3, 0.4) is 0 Å². The molecular weight excluding hydrogens is 224 g/mol. The SMILES string of the molecule is Cn1c(C(N)C2CCCCC2)nc2cnccc21. The normalized spacial score (nSPS) is 19.2. The monoisotopic (exact) mass is 244 g/mol. The molecule has 1 aliphatic rings. The Hall–Kier alpha value is -1.42. The molecule has 1 unspecified atom stereocenters. The van der Waals surface area contributed by atoms with Crippen LogP contribution in [-0.4, -0.2) is 14.5 Å². The molecular formula is C14H20N4. The molecule has 1 aliphatic carbocycles. The summed E-state index contributed by atoms with van der Waals surface area (Å²) < 4.78 is 2.12. The Morgan fingerprint density at radius 2 is 2.11 bits per heavy atom. The van der Waals surface area contributed by atoms with E-state index in [1.165, 1.54) is 32.1 Å². The van der Waals surface area contributed by atoms with Gasteiger partial charge in [0.2, 0.25) is 0 Å². The van der Waals surface area contributed by atoms with Crippen LogP contribution in [0.5, 0.6) is 0 Å². The molecule has 18 heavy (non-hydrogen) atoms. The first kappa shape index (κ1) is 11.7. The number of imidazole rings is 1. The molecule has 0 aromatic carbocycles. The van der Waals surface area contributed by atoms with Gasteiger partial charge in [-0.15, -0.1) is 0 Å². The fourth-order valence-corrected chi connectivity index (χ4v) is 3.07. The molecule has 2 aromatic heterocycles. The minimum absolute atomic E-state index is 0.0581. The van der Waals surface area contributed by atoms with Crippen molar-refractivity contribution in [2.75, 3.05) is 0 Å². The van der Waals surface area contributed by atoms with E-state index in [0.717, 1.165) is 16.9 Å². The molecule has 0 aliphatic heterocycles. The zero-order chi connectivity index (χ0) is 12.5. The van der Waals surface area contributed by atoms with Gasteiger partial charge in [-0.2, -0.15) is 0 Å². The zero-order valence-corrected chi connectivity index (χ0v) is 10.8. The van der Waals surface area contributed by atoms with Crippen LogP contribution in [-0.2, 0) is 7.05 Å². The minimum Gasteiger partial charge on any atom is -0.330 e. The number of aryl methyl sites for hydroxylation is 1. The fraction of sp³-hybridized carbons (Fsp3) is 0.571. The summed E-state index contributed by atoms with van der Waals surface area (Å²) in [5.74, 6) is 1.59. The average Bonchev–Trinajstić information content (AvgIpc) is 2.77. The summed E-state index contributed by atoms with van der Waals surface area (Å²) >= 11 is 0. The van der Waals surface area contributed by atoms with Gasteiger partial charge < -0.3 is 10.3 Å². The van der Waals surface area contributed by atoms with Crippen LogP contribution in [0, 0.1) is 5.92 Å². The fourth-order valence-electron chi connectivity index (χ4n) is 3.07. The summed E-state index contributed by atoms with van der Waals surface area (Å²) in [6, 6.07) is 2.06. The second kappa shape index (κ2) is 4.69. The first-order valence-electron chi connectivity index (χ1n) is 6.79. The van der Waals surface area contributed by atoms with Gasteiger partial charge in [0.25, 0.3) is 0 Å². The zero-order valence-electron chi connectivity index (χ0n) is 10.8. The summed E-state index contributed by atoms with van der Waals surface area (Å²) in [7, 11) is 2.05. The molecule has 0 saturated heterocycles. The highest BCUT2D eigenvalue weighted by atomic mass is 15.1. The van der Waals surface area contributed by atoms with Crippen molar-refractivity contribution in [3.63, 3.8) is 0 Å². The highest BCUT2D eigenvalue weighted by molar-refractivity contribution is 5.74. The van der Waals surface area contributed by atoms with Crippen molar-refractivity contribution in [2.45, 2.75) is 38.1 Å². The van der Waals surface area contributed by atoms with E-state index in [2.05, 4.69) is 14.5 Å². The predicted octanol–water partition coefficient (Wildman–Crippen LogP) is 2.55. The third-order valence-corrected chi connectivity index (χ3v) is 4.17. The molecule has 1 atom stereocenters. The van der Waals surface area contributed by atoms with Crippen LogP contribution in [0.15, 0.2) is 18.5 Å². The van der Waals surface area contributed by atoms with E-state index in [4.69, 9.17) is 5.73 Å². The van der Waals surface area contributed by atoms with E-state index < -0.39 is 0 Å². The van der Waals surface area contributed by atoms with Crippen molar-refractivity contribution in [3.8, 4) is 0 Å². The van der Waals surface area contributed by atoms with Crippen LogP contribution in [0.25, 0.3) is 11.0 Å². The topological polar surface area (TPSA) is 56.7 Å². The van der Waals surface area contributed by atoms with E-state index in [1.54, 1.807) is 6.20 Å². The van der Waals surface area contributed by atoms with Crippen LogP contribution >= 0.6 is 0 Å². The largest absolute Gasteiger partial charge is 0.330 e. The van der Waals surface area contributed by atoms with E-state index >= 15 is 0 Å². The highest BCUT2D eigenvalue weighted by Crippen LogP contribution is 2.33. The molecule has 96 valence electrons. The van der Waals surface area contributed by atoms with Crippen molar-refractivity contribution in [1.82, 2.24) is 14.5 Å². The van der Waals surface area contributed by atoms with Gasteiger partial charge in [0, 0.05) is 13.2 Å². The molecule has 0 bridgehead atoms. The maximum absolute atomic E-state index is 6.43. The third kappa shape index (κ3) is 1.90.